The van der Waals surface area contributed by atoms with E-state index < -0.39 is 0 Å². The van der Waals surface area contributed by atoms with E-state index in [1.807, 2.05) is 48.5 Å². The Balaban J connectivity index is 2.03. The van der Waals surface area contributed by atoms with Gasteiger partial charge in [-0.3, -0.25) is 4.79 Å². The van der Waals surface area contributed by atoms with E-state index in [0.29, 0.717) is 6.42 Å². The molecule has 19 heavy (non-hydrogen) atoms. The average Bonchev–Trinajstić information content (AvgIpc) is 2.49. The Bertz CT molecular complexity index is 600. The monoisotopic (exact) mass is 250 g/mol. The minimum Gasteiger partial charge on any atom is -0.434 e. The molecule has 2 heteroatoms. The van der Waals surface area contributed by atoms with Crippen molar-refractivity contribution in [1.82, 2.24) is 0 Å². The Morgan fingerprint density at radius 2 is 1.53 bits per heavy atom. The highest BCUT2D eigenvalue weighted by molar-refractivity contribution is 5.83. The van der Waals surface area contributed by atoms with E-state index in [4.69, 9.17) is 4.74 Å². The van der Waals surface area contributed by atoms with Gasteiger partial charge in [-0.25, -0.2) is 0 Å². The molecule has 0 aliphatic carbocycles. The number of ether oxygens (including phenoxy) is 1. The average molecular weight is 250 g/mol. The number of allylic oxidation sites excluding steroid dienone is 1. The summed E-state index contributed by atoms with van der Waals surface area (Å²) in [6.07, 6.45) is 1.99. The maximum atomic E-state index is 11.6. The fourth-order valence-corrected chi connectivity index (χ4v) is 2.42. The molecule has 1 atom stereocenters. The van der Waals surface area contributed by atoms with Gasteiger partial charge in [-0.1, -0.05) is 60.7 Å². The van der Waals surface area contributed by atoms with Crippen molar-refractivity contribution < 1.29 is 9.53 Å². The summed E-state index contributed by atoms with van der Waals surface area (Å²) in [6, 6.07) is 20.1. The van der Waals surface area contributed by atoms with Gasteiger partial charge >= 0.3 is 5.97 Å². The van der Waals surface area contributed by atoms with Gasteiger partial charge in [0.25, 0.3) is 0 Å². The molecule has 0 amide bonds. The number of benzene rings is 2. The Hall–Kier alpha value is -2.35. The second-order valence-electron chi connectivity index (χ2n) is 4.60. The van der Waals surface area contributed by atoms with Gasteiger partial charge in [0.2, 0.25) is 0 Å². The molecule has 0 saturated carbocycles. The van der Waals surface area contributed by atoms with Gasteiger partial charge < -0.3 is 4.74 Å². The predicted octanol–water partition coefficient (Wildman–Crippen LogP) is 3.76. The molecule has 0 radical (unpaired) electrons. The van der Waals surface area contributed by atoms with Crippen molar-refractivity contribution in [2.45, 2.75) is 12.3 Å². The number of hydrogen-bond donors (Lipinski definition) is 0. The first-order chi connectivity index (χ1) is 9.34. The first-order valence-corrected chi connectivity index (χ1v) is 6.34. The van der Waals surface area contributed by atoms with Crippen molar-refractivity contribution in [3.05, 3.63) is 78.1 Å². The van der Waals surface area contributed by atoms with Gasteiger partial charge in [-0.2, -0.15) is 0 Å². The highest BCUT2D eigenvalue weighted by Gasteiger charge is 2.26. The van der Waals surface area contributed by atoms with E-state index in [-0.39, 0.29) is 11.9 Å². The molecular weight excluding hydrogens is 236 g/mol. The van der Waals surface area contributed by atoms with Crippen LogP contribution in [0.15, 0.2) is 66.9 Å². The standard InChI is InChI=1S/C17H14O2/c18-17-11-15(13-7-3-1-4-8-13)16(12-19-17)14-9-5-2-6-10-14/h1-10,12,15H,11H2/t15-/m0/s1. The minimum atomic E-state index is -0.173. The molecule has 3 rings (SSSR count). The van der Waals surface area contributed by atoms with E-state index >= 15 is 0 Å². The molecule has 1 aliphatic rings. The third kappa shape index (κ3) is 2.43. The van der Waals surface area contributed by atoms with Gasteiger partial charge in [-0.05, 0) is 11.1 Å². The SMILES string of the molecule is O=C1C[C@@H](c2ccccc2)C(c2ccccc2)=CO1. The summed E-state index contributed by atoms with van der Waals surface area (Å²) in [5, 5.41) is 0. The number of carbonyl (C=O) groups excluding carboxylic acids is 1. The van der Waals surface area contributed by atoms with E-state index in [2.05, 4.69) is 12.1 Å². The van der Waals surface area contributed by atoms with E-state index in [9.17, 15) is 4.79 Å². The summed E-state index contributed by atoms with van der Waals surface area (Å²) < 4.78 is 5.10. The quantitative estimate of drug-likeness (QED) is 0.759. The second kappa shape index (κ2) is 5.11. The van der Waals surface area contributed by atoms with Crippen molar-refractivity contribution in [1.29, 1.82) is 0 Å². The molecule has 2 aromatic carbocycles. The predicted molar refractivity (Wildman–Crippen MR) is 74.3 cm³/mol. The lowest BCUT2D eigenvalue weighted by molar-refractivity contribution is -0.138. The number of hydrogen-bond acceptors (Lipinski definition) is 2. The van der Waals surface area contributed by atoms with E-state index in [1.165, 1.54) is 0 Å². The van der Waals surface area contributed by atoms with Crippen molar-refractivity contribution >= 4 is 11.5 Å². The molecule has 94 valence electrons. The lowest BCUT2D eigenvalue weighted by Crippen LogP contribution is -2.15. The molecule has 0 fully saturated rings. The van der Waals surface area contributed by atoms with Crippen LogP contribution in [0.5, 0.6) is 0 Å². The fraction of sp³-hybridized carbons (Fsp3) is 0.118. The molecule has 2 nitrogen and oxygen atoms in total. The summed E-state index contributed by atoms with van der Waals surface area (Å²) >= 11 is 0. The van der Waals surface area contributed by atoms with Crippen LogP contribution in [0.3, 0.4) is 0 Å². The van der Waals surface area contributed by atoms with Crippen LogP contribution in [-0.2, 0) is 9.53 Å². The molecule has 1 aliphatic heterocycles. The van der Waals surface area contributed by atoms with Gasteiger partial charge in [0, 0.05) is 11.5 Å². The first-order valence-electron chi connectivity index (χ1n) is 6.34. The van der Waals surface area contributed by atoms with E-state index in [1.54, 1.807) is 6.26 Å². The Labute approximate surface area is 112 Å². The van der Waals surface area contributed by atoms with Crippen molar-refractivity contribution in [3.63, 3.8) is 0 Å². The Kier molecular flexibility index (Phi) is 3.15. The summed E-state index contributed by atoms with van der Waals surface area (Å²) in [7, 11) is 0. The van der Waals surface area contributed by atoms with Crippen LogP contribution in [0, 0.1) is 0 Å². The Morgan fingerprint density at radius 1 is 0.895 bits per heavy atom. The molecule has 0 aromatic heterocycles. The van der Waals surface area contributed by atoms with Crippen molar-refractivity contribution in [2.24, 2.45) is 0 Å². The van der Waals surface area contributed by atoms with E-state index in [0.717, 1.165) is 16.7 Å². The summed E-state index contributed by atoms with van der Waals surface area (Å²) in [4.78, 5) is 11.6. The zero-order valence-electron chi connectivity index (χ0n) is 10.5. The normalized spacial score (nSPS) is 18.6. The molecular formula is C17H14O2. The maximum Gasteiger partial charge on any atom is 0.311 e. The zero-order chi connectivity index (χ0) is 13.1. The highest BCUT2D eigenvalue weighted by atomic mass is 16.5. The highest BCUT2D eigenvalue weighted by Crippen LogP contribution is 2.37. The zero-order valence-corrected chi connectivity index (χ0v) is 10.5. The molecule has 0 spiro atoms. The topological polar surface area (TPSA) is 26.3 Å². The van der Waals surface area contributed by atoms with Crippen LogP contribution in [0.25, 0.3) is 5.57 Å². The largest absolute Gasteiger partial charge is 0.434 e. The number of cyclic esters (lactones) is 1. The van der Waals surface area contributed by atoms with Crippen molar-refractivity contribution in [2.75, 3.05) is 0 Å². The van der Waals surface area contributed by atoms with Crippen molar-refractivity contribution in [3.8, 4) is 0 Å². The molecule has 1 heterocycles. The Morgan fingerprint density at radius 3 is 2.21 bits per heavy atom. The van der Waals surface area contributed by atoms with Crippen LogP contribution in [0.1, 0.15) is 23.5 Å². The molecule has 0 N–H and O–H groups in total. The van der Waals surface area contributed by atoms with Crippen LogP contribution < -0.4 is 0 Å². The molecule has 2 aromatic rings. The lowest BCUT2D eigenvalue weighted by atomic mass is 9.84. The summed E-state index contributed by atoms with van der Waals surface area (Å²) in [6.45, 7) is 0. The smallest absolute Gasteiger partial charge is 0.311 e. The van der Waals surface area contributed by atoms with Crippen LogP contribution in [-0.4, -0.2) is 5.97 Å². The van der Waals surface area contributed by atoms with Gasteiger partial charge in [0.15, 0.2) is 0 Å². The third-order valence-electron chi connectivity index (χ3n) is 3.37. The minimum absolute atomic E-state index is 0.0739. The number of carbonyl (C=O) groups is 1. The van der Waals surface area contributed by atoms with Gasteiger partial charge in [0.05, 0.1) is 12.7 Å². The maximum absolute atomic E-state index is 11.6. The molecule has 0 bridgehead atoms. The number of esters is 1. The molecule has 0 unspecified atom stereocenters. The van der Waals surface area contributed by atoms with Crippen LogP contribution in [0.2, 0.25) is 0 Å². The van der Waals surface area contributed by atoms with Gasteiger partial charge in [-0.15, -0.1) is 0 Å². The summed E-state index contributed by atoms with van der Waals surface area (Å²) in [5.74, 6) is -0.0987. The fourth-order valence-electron chi connectivity index (χ4n) is 2.42. The van der Waals surface area contributed by atoms with Crippen LogP contribution >= 0.6 is 0 Å². The molecule has 0 saturated heterocycles. The van der Waals surface area contributed by atoms with Gasteiger partial charge in [0.1, 0.15) is 0 Å². The number of rotatable bonds is 2. The first kappa shape index (κ1) is 11.7. The lowest BCUT2D eigenvalue weighted by Gasteiger charge is -2.23. The second-order valence-corrected chi connectivity index (χ2v) is 4.60. The van der Waals surface area contributed by atoms with Crippen LogP contribution in [0.4, 0.5) is 0 Å². The summed E-state index contributed by atoms with van der Waals surface area (Å²) in [5.41, 5.74) is 3.31. The third-order valence-corrected chi connectivity index (χ3v) is 3.37.